The number of carbonyl (C=O) groups is 1. The van der Waals surface area contributed by atoms with Crippen molar-refractivity contribution in [3.8, 4) is 0 Å². The third-order valence-corrected chi connectivity index (χ3v) is 2.23. The molecule has 0 aromatic rings. The van der Waals surface area contributed by atoms with Crippen molar-refractivity contribution in [2.45, 2.75) is 31.8 Å². The second kappa shape index (κ2) is 4.61. The van der Waals surface area contributed by atoms with E-state index in [-0.39, 0.29) is 17.6 Å². The van der Waals surface area contributed by atoms with Gasteiger partial charge in [0.15, 0.2) is 0 Å². The van der Waals surface area contributed by atoms with E-state index in [1.54, 1.807) is 0 Å². The minimum atomic E-state index is -0.358. The van der Waals surface area contributed by atoms with Crippen LogP contribution in [-0.2, 0) is 4.74 Å². The first-order valence-electron chi connectivity index (χ1n) is 4.90. The fraction of sp³-hybridized carbons (Fsp3) is 0.889. The van der Waals surface area contributed by atoms with Crippen LogP contribution in [0.2, 0.25) is 0 Å². The Morgan fingerprint density at radius 2 is 2.36 bits per heavy atom. The van der Waals surface area contributed by atoms with Gasteiger partial charge < -0.3 is 21.1 Å². The van der Waals surface area contributed by atoms with Gasteiger partial charge in [-0.05, 0) is 20.3 Å². The zero-order valence-electron chi connectivity index (χ0n) is 8.80. The van der Waals surface area contributed by atoms with Crippen LogP contribution in [0.3, 0.4) is 0 Å². The Labute approximate surface area is 84.4 Å². The molecule has 1 heterocycles. The van der Waals surface area contributed by atoms with Crippen LogP contribution in [-0.4, -0.2) is 37.4 Å². The summed E-state index contributed by atoms with van der Waals surface area (Å²) >= 11 is 0. The molecule has 0 bridgehead atoms. The van der Waals surface area contributed by atoms with Crippen LogP contribution in [0, 0.1) is 0 Å². The zero-order chi connectivity index (χ0) is 10.6. The Hall–Kier alpha value is -0.810. The highest BCUT2D eigenvalue weighted by molar-refractivity contribution is 5.75. The Bertz CT molecular complexity index is 200. The van der Waals surface area contributed by atoms with Crippen molar-refractivity contribution in [2.24, 2.45) is 5.73 Å². The maximum absolute atomic E-state index is 11.4. The van der Waals surface area contributed by atoms with Gasteiger partial charge in [-0.2, -0.15) is 0 Å². The van der Waals surface area contributed by atoms with Crippen LogP contribution < -0.4 is 16.4 Å². The molecule has 0 saturated carbocycles. The summed E-state index contributed by atoms with van der Waals surface area (Å²) in [7, 11) is 0. The second-order valence-electron chi connectivity index (χ2n) is 4.25. The molecule has 1 atom stereocenters. The van der Waals surface area contributed by atoms with Gasteiger partial charge in [0.25, 0.3) is 0 Å². The average Bonchev–Trinajstić information content (AvgIpc) is 2.55. The van der Waals surface area contributed by atoms with Gasteiger partial charge in [0.2, 0.25) is 0 Å². The summed E-state index contributed by atoms with van der Waals surface area (Å²) in [6.45, 7) is 5.53. The number of rotatable bonds is 3. The molecule has 5 heteroatoms. The van der Waals surface area contributed by atoms with E-state index in [1.807, 2.05) is 13.8 Å². The molecule has 14 heavy (non-hydrogen) atoms. The smallest absolute Gasteiger partial charge is 0.315 e. The molecule has 0 aromatic heterocycles. The van der Waals surface area contributed by atoms with E-state index in [0.717, 1.165) is 13.0 Å². The number of ether oxygens (including phenoxy) is 1. The summed E-state index contributed by atoms with van der Waals surface area (Å²) in [6, 6.07) is -0.0282. The van der Waals surface area contributed by atoms with Gasteiger partial charge in [-0.1, -0.05) is 0 Å². The van der Waals surface area contributed by atoms with Crippen LogP contribution in [0.4, 0.5) is 4.79 Å². The first kappa shape index (κ1) is 11.3. The Kier molecular flexibility index (Phi) is 3.71. The van der Waals surface area contributed by atoms with Crippen molar-refractivity contribution >= 4 is 6.03 Å². The van der Waals surface area contributed by atoms with Crippen LogP contribution >= 0.6 is 0 Å². The van der Waals surface area contributed by atoms with Crippen LogP contribution in [0.25, 0.3) is 0 Å². The molecule has 4 N–H and O–H groups in total. The summed E-state index contributed by atoms with van der Waals surface area (Å²) < 4.78 is 5.15. The fourth-order valence-corrected chi connectivity index (χ4v) is 1.23. The van der Waals surface area contributed by atoms with E-state index < -0.39 is 0 Å². The van der Waals surface area contributed by atoms with E-state index >= 15 is 0 Å². The summed E-state index contributed by atoms with van der Waals surface area (Å²) in [5.74, 6) is 0. The van der Waals surface area contributed by atoms with Gasteiger partial charge in [-0.3, -0.25) is 0 Å². The molecule has 0 aliphatic carbocycles. The van der Waals surface area contributed by atoms with Gasteiger partial charge in [0, 0.05) is 18.7 Å². The lowest BCUT2D eigenvalue weighted by atomic mass is 10.1. The molecule has 0 radical (unpaired) electrons. The molecule has 1 rings (SSSR count). The van der Waals surface area contributed by atoms with E-state index in [1.165, 1.54) is 0 Å². The molecule has 1 fully saturated rings. The lowest BCUT2D eigenvalue weighted by molar-refractivity contribution is 0.187. The van der Waals surface area contributed by atoms with Crippen molar-refractivity contribution < 1.29 is 9.53 Å². The SMILES string of the molecule is CC(C)(CN)NC(=O)NC1CCOC1. The van der Waals surface area contributed by atoms with E-state index in [4.69, 9.17) is 10.5 Å². The van der Waals surface area contributed by atoms with Crippen molar-refractivity contribution in [1.29, 1.82) is 0 Å². The molecule has 82 valence electrons. The second-order valence-corrected chi connectivity index (χ2v) is 4.25. The number of carbonyl (C=O) groups excluding carboxylic acids is 1. The standard InChI is InChI=1S/C9H19N3O2/c1-9(2,6-10)12-8(13)11-7-3-4-14-5-7/h7H,3-6,10H2,1-2H3,(H2,11,12,13). The lowest BCUT2D eigenvalue weighted by Crippen LogP contribution is -2.54. The third kappa shape index (κ3) is 3.51. The van der Waals surface area contributed by atoms with E-state index in [9.17, 15) is 4.79 Å². The van der Waals surface area contributed by atoms with Crippen LogP contribution in [0.15, 0.2) is 0 Å². The van der Waals surface area contributed by atoms with Gasteiger partial charge in [0.05, 0.1) is 12.6 Å². The van der Waals surface area contributed by atoms with Gasteiger partial charge in [-0.25, -0.2) is 4.79 Å². The molecule has 1 aliphatic rings. The van der Waals surface area contributed by atoms with Crippen molar-refractivity contribution in [3.05, 3.63) is 0 Å². The highest BCUT2D eigenvalue weighted by Gasteiger charge is 2.22. The minimum absolute atomic E-state index is 0.142. The summed E-state index contributed by atoms with van der Waals surface area (Å²) in [5.41, 5.74) is 5.14. The van der Waals surface area contributed by atoms with Crippen molar-refractivity contribution in [1.82, 2.24) is 10.6 Å². The fourth-order valence-electron chi connectivity index (χ4n) is 1.23. The Morgan fingerprint density at radius 1 is 1.64 bits per heavy atom. The Morgan fingerprint density at radius 3 is 2.86 bits per heavy atom. The summed E-state index contributed by atoms with van der Waals surface area (Å²) in [6.07, 6.45) is 0.885. The molecule has 0 spiro atoms. The molecule has 2 amide bonds. The van der Waals surface area contributed by atoms with Gasteiger partial charge >= 0.3 is 6.03 Å². The number of amides is 2. The van der Waals surface area contributed by atoms with Crippen LogP contribution in [0.1, 0.15) is 20.3 Å². The molecule has 1 aliphatic heterocycles. The maximum Gasteiger partial charge on any atom is 0.315 e. The van der Waals surface area contributed by atoms with Gasteiger partial charge in [0.1, 0.15) is 0 Å². The first-order chi connectivity index (χ1) is 6.53. The van der Waals surface area contributed by atoms with Gasteiger partial charge in [-0.15, -0.1) is 0 Å². The number of urea groups is 1. The van der Waals surface area contributed by atoms with E-state index in [0.29, 0.717) is 13.2 Å². The topological polar surface area (TPSA) is 76.4 Å². The number of hydrogen-bond donors (Lipinski definition) is 3. The molecular formula is C9H19N3O2. The largest absolute Gasteiger partial charge is 0.379 e. The minimum Gasteiger partial charge on any atom is -0.379 e. The monoisotopic (exact) mass is 201 g/mol. The maximum atomic E-state index is 11.4. The first-order valence-corrected chi connectivity index (χ1v) is 4.90. The summed E-state index contributed by atoms with van der Waals surface area (Å²) in [4.78, 5) is 11.4. The highest BCUT2D eigenvalue weighted by atomic mass is 16.5. The number of nitrogens with one attached hydrogen (secondary N) is 2. The molecule has 1 unspecified atom stereocenters. The third-order valence-electron chi connectivity index (χ3n) is 2.23. The molecule has 0 aromatic carbocycles. The van der Waals surface area contributed by atoms with Crippen molar-refractivity contribution in [2.75, 3.05) is 19.8 Å². The van der Waals surface area contributed by atoms with Crippen LogP contribution in [0.5, 0.6) is 0 Å². The van der Waals surface area contributed by atoms with Crippen molar-refractivity contribution in [3.63, 3.8) is 0 Å². The predicted molar refractivity (Wildman–Crippen MR) is 54.0 cm³/mol. The molecule has 1 saturated heterocycles. The highest BCUT2D eigenvalue weighted by Crippen LogP contribution is 2.04. The lowest BCUT2D eigenvalue weighted by Gasteiger charge is -2.25. The Balaban J connectivity index is 2.27. The molecular weight excluding hydrogens is 182 g/mol. The number of nitrogens with two attached hydrogens (primary N) is 1. The normalized spacial score (nSPS) is 22.1. The summed E-state index contributed by atoms with van der Waals surface area (Å²) in [5, 5.41) is 5.64. The number of hydrogen-bond acceptors (Lipinski definition) is 3. The molecule has 5 nitrogen and oxygen atoms in total. The zero-order valence-corrected chi connectivity index (χ0v) is 8.80. The van der Waals surface area contributed by atoms with E-state index in [2.05, 4.69) is 10.6 Å². The average molecular weight is 201 g/mol. The quantitative estimate of drug-likeness (QED) is 0.592. The predicted octanol–water partition coefficient (Wildman–Crippen LogP) is -0.188.